The summed E-state index contributed by atoms with van der Waals surface area (Å²) >= 11 is 0. The van der Waals surface area contributed by atoms with Gasteiger partial charge in [-0.2, -0.15) is 13.2 Å². The largest absolute Gasteiger partial charge is 0.495 e. The highest BCUT2D eigenvalue weighted by Crippen LogP contribution is 2.36. The van der Waals surface area contributed by atoms with E-state index in [1.807, 2.05) is 12.1 Å². The lowest BCUT2D eigenvalue weighted by Crippen LogP contribution is -2.43. The molecule has 8 heteroatoms. The Kier molecular flexibility index (Phi) is 5.54. The number of amides is 2. The van der Waals surface area contributed by atoms with Crippen molar-refractivity contribution in [1.82, 2.24) is 9.88 Å². The number of alkyl halides is 3. The van der Waals surface area contributed by atoms with Gasteiger partial charge in [-0.3, -0.25) is 4.98 Å². The second-order valence-corrected chi connectivity index (χ2v) is 7.14. The van der Waals surface area contributed by atoms with Crippen molar-refractivity contribution in [3.05, 3.63) is 89.2 Å². The normalized spacial score (nSPS) is 15.9. The highest BCUT2D eigenvalue weighted by molar-refractivity contribution is 5.91. The topological polar surface area (TPSA) is 54.5 Å². The van der Waals surface area contributed by atoms with Crippen LogP contribution in [0.3, 0.4) is 0 Å². The number of carbonyl (C=O) groups excluding carboxylic acids is 1. The predicted octanol–water partition coefficient (Wildman–Crippen LogP) is 5.29. The van der Waals surface area contributed by atoms with Crippen molar-refractivity contribution in [2.24, 2.45) is 0 Å². The number of benzene rings is 2. The van der Waals surface area contributed by atoms with E-state index < -0.39 is 17.8 Å². The molecule has 3 aromatic rings. The summed E-state index contributed by atoms with van der Waals surface area (Å²) < 4.78 is 44.4. The van der Waals surface area contributed by atoms with Crippen LogP contribution in [-0.4, -0.2) is 29.6 Å². The van der Waals surface area contributed by atoms with Gasteiger partial charge < -0.3 is 15.0 Å². The lowest BCUT2D eigenvalue weighted by atomic mass is 9.92. The molecule has 0 fully saturated rings. The third-order valence-electron chi connectivity index (χ3n) is 5.28. The third kappa shape index (κ3) is 4.19. The smallest absolute Gasteiger partial charge is 0.416 e. The van der Waals surface area contributed by atoms with Gasteiger partial charge in [0.25, 0.3) is 0 Å². The highest BCUT2D eigenvalue weighted by atomic mass is 19.4. The Morgan fingerprint density at radius 2 is 1.84 bits per heavy atom. The number of urea groups is 1. The van der Waals surface area contributed by atoms with E-state index in [1.54, 1.807) is 35.4 Å². The molecule has 1 aliphatic rings. The summed E-state index contributed by atoms with van der Waals surface area (Å²) in [5.74, 6) is 0.512. The van der Waals surface area contributed by atoms with Crippen LogP contribution in [-0.2, 0) is 12.6 Å². The number of fused-ring (bicyclic) bond motifs is 1. The van der Waals surface area contributed by atoms with Crippen molar-refractivity contribution in [3.8, 4) is 5.75 Å². The van der Waals surface area contributed by atoms with Crippen LogP contribution < -0.4 is 10.1 Å². The number of hydrogen-bond donors (Lipinski definition) is 1. The van der Waals surface area contributed by atoms with Gasteiger partial charge in [0.05, 0.1) is 24.1 Å². The quantitative estimate of drug-likeness (QED) is 0.618. The number of ether oxygens (including phenoxy) is 1. The lowest BCUT2D eigenvalue weighted by Gasteiger charge is -2.37. The zero-order valence-electron chi connectivity index (χ0n) is 16.7. The first-order chi connectivity index (χ1) is 14.9. The maximum absolute atomic E-state index is 13.2. The van der Waals surface area contributed by atoms with Crippen LogP contribution >= 0.6 is 0 Å². The zero-order valence-corrected chi connectivity index (χ0v) is 16.7. The zero-order chi connectivity index (χ0) is 22.0. The van der Waals surface area contributed by atoms with Crippen molar-refractivity contribution >= 4 is 11.7 Å². The summed E-state index contributed by atoms with van der Waals surface area (Å²) in [6, 6.07) is 14.6. The summed E-state index contributed by atoms with van der Waals surface area (Å²) in [4.78, 5) is 19.2. The summed E-state index contributed by atoms with van der Waals surface area (Å²) in [6.45, 7) is 0.394. The molecule has 0 radical (unpaired) electrons. The average Bonchev–Trinajstić information content (AvgIpc) is 2.78. The molecule has 0 spiro atoms. The van der Waals surface area contributed by atoms with Crippen LogP contribution in [0, 0.1) is 0 Å². The molecule has 31 heavy (non-hydrogen) atoms. The number of methoxy groups -OCH3 is 1. The molecule has 0 bridgehead atoms. The number of halogens is 3. The summed E-state index contributed by atoms with van der Waals surface area (Å²) in [5.41, 5.74) is 1.95. The van der Waals surface area contributed by atoms with Gasteiger partial charge >= 0.3 is 12.2 Å². The molecule has 1 atom stereocenters. The number of rotatable bonds is 3. The molecule has 0 saturated heterocycles. The molecule has 0 aliphatic carbocycles. The molecule has 2 aromatic carbocycles. The summed E-state index contributed by atoms with van der Waals surface area (Å²) in [6.07, 6.45) is -2.21. The van der Waals surface area contributed by atoms with Crippen molar-refractivity contribution in [2.75, 3.05) is 19.0 Å². The maximum atomic E-state index is 13.2. The fourth-order valence-electron chi connectivity index (χ4n) is 3.77. The van der Waals surface area contributed by atoms with E-state index in [2.05, 4.69) is 10.3 Å². The number of nitrogens with zero attached hydrogens (tertiary/aromatic N) is 2. The molecule has 1 aliphatic heterocycles. The standard InChI is InChI=1S/C23H20F3N3O2/c1-31-19-7-3-2-6-18(19)28-22(30)29-14-12-15-5-4-13-27-20(15)21(29)16-8-10-17(11-9-16)23(24,25)26/h2-11,13,21H,12,14H2,1H3,(H,28,30). The van der Waals surface area contributed by atoms with Crippen LogP contribution in [0.25, 0.3) is 0 Å². The van der Waals surface area contributed by atoms with E-state index in [1.165, 1.54) is 19.2 Å². The molecule has 160 valence electrons. The molecule has 2 amide bonds. The molecule has 1 unspecified atom stereocenters. The van der Waals surface area contributed by atoms with Crippen molar-refractivity contribution in [1.29, 1.82) is 0 Å². The Bertz CT molecular complexity index is 1080. The van der Waals surface area contributed by atoms with Gasteiger partial charge in [-0.05, 0) is 47.9 Å². The fourth-order valence-corrected chi connectivity index (χ4v) is 3.77. The fraction of sp³-hybridized carbons (Fsp3) is 0.217. The SMILES string of the molecule is COc1ccccc1NC(=O)N1CCc2cccnc2C1c1ccc(C(F)(F)F)cc1. The van der Waals surface area contributed by atoms with Gasteiger partial charge in [-0.1, -0.05) is 30.3 Å². The van der Waals surface area contributed by atoms with Gasteiger partial charge in [0, 0.05) is 12.7 Å². The number of aromatic nitrogens is 1. The molecule has 1 N–H and O–H groups in total. The maximum Gasteiger partial charge on any atom is 0.416 e. The lowest BCUT2D eigenvalue weighted by molar-refractivity contribution is -0.137. The number of carbonyl (C=O) groups is 1. The van der Waals surface area contributed by atoms with E-state index in [4.69, 9.17) is 4.74 Å². The Morgan fingerprint density at radius 3 is 2.55 bits per heavy atom. The first kappa shape index (κ1) is 20.7. The van der Waals surface area contributed by atoms with Crippen molar-refractivity contribution in [2.45, 2.75) is 18.6 Å². The first-order valence-electron chi connectivity index (χ1n) is 9.70. The number of pyridine rings is 1. The average molecular weight is 427 g/mol. The highest BCUT2D eigenvalue weighted by Gasteiger charge is 2.35. The van der Waals surface area contributed by atoms with E-state index in [0.717, 1.165) is 17.7 Å². The second-order valence-electron chi connectivity index (χ2n) is 7.14. The molecular formula is C23H20F3N3O2. The van der Waals surface area contributed by atoms with Crippen LogP contribution in [0.2, 0.25) is 0 Å². The number of para-hydroxylation sites is 2. The predicted molar refractivity (Wildman–Crippen MR) is 110 cm³/mol. The minimum absolute atomic E-state index is 0.384. The number of nitrogens with one attached hydrogen (secondary N) is 1. The van der Waals surface area contributed by atoms with Gasteiger partial charge in [0.1, 0.15) is 11.8 Å². The minimum atomic E-state index is -4.43. The molecule has 0 saturated carbocycles. The number of anilines is 1. The van der Waals surface area contributed by atoms with Crippen LogP contribution in [0.15, 0.2) is 66.9 Å². The Labute approximate surface area is 177 Å². The molecule has 4 rings (SSSR count). The monoisotopic (exact) mass is 427 g/mol. The van der Waals surface area contributed by atoms with Crippen LogP contribution in [0.5, 0.6) is 5.75 Å². The summed E-state index contributed by atoms with van der Waals surface area (Å²) in [7, 11) is 1.51. The molecular weight excluding hydrogens is 407 g/mol. The second kappa shape index (κ2) is 8.29. The molecule has 1 aromatic heterocycles. The van der Waals surface area contributed by atoms with Crippen LogP contribution in [0.1, 0.15) is 28.4 Å². The van der Waals surface area contributed by atoms with E-state index in [0.29, 0.717) is 35.7 Å². The van der Waals surface area contributed by atoms with Crippen molar-refractivity contribution in [3.63, 3.8) is 0 Å². The Hall–Kier alpha value is -3.55. The van der Waals surface area contributed by atoms with Crippen molar-refractivity contribution < 1.29 is 22.7 Å². The molecule has 5 nitrogen and oxygen atoms in total. The van der Waals surface area contributed by atoms with Gasteiger partial charge in [-0.25, -0.2) is 4.79 Å². The van der Waals surface area contributed by atoms with E-state index in [-0.39, 0.29) is 6.03 Å². The third-order valence-corrected chi connectivity index (χ3v) is 5.28. The van der Waals surface area contributed by atoms with Gasteiger partial charge in [0.15, 0.2) is 0 Å². The Balaban J connectivity index is 1.70. The Morgan fingerprint density at radius 1 is 1.10 bits per heavy atom. The van der Waals surface area contributed by atoms with Gasteiger partial charge in [-0.15, -0.1) is 0 Å². The van der Waals surface area contributed by atoms with Crippen LogP contribution in [0.4, 0.5) is 23.7 Å². The molecule has 2 heterocycles. The van der Waals surface area contributed by atoms with Gasteiger partial charge in [0.2, 0.25) is 0 Å². The minimum Gasteiger partial charge on any atom is -0.495 e. The van der Waals surface area contributed by atoms with E-state index >= 15 is 0 Å². The first-order valence-corrected chi connectivity index (χ1v) is 9.70. The van der Waals surface area contributed by atoms with E-state index in [9.17, 15) is 18.0 Å². The summed E-state index contributed by atoms with van der Waals surface area (Å²) in [5, 5.41) is 2.85. The number of hydrogen-bond acceptors (Lipinski definition) is 3.